The monoisotopic (exact) mass is 214 g/mol. The molecular formula is C10H8ClFO2. The molecule has 1 aromatic carbocycles. The van der Waals surface area contributed by atoms with E-state index in [0.29, 0.717) is 0 Å². The number of carbonyl (C=O) groups is 1. The number of rotatable bonds is 2. The van der Waals surface area contributed by atoms with E-state index in [-0.39, 0.29) is 16.2 Å². The van der Waals surface area contributed by atoms with E-state index in [1.165, 1.54) is 25.1 Å². The summed E-state index contributed by atoms with van der Waals surface area (Å²) in [7, 11) is 0. The summed E-state index contributed by atoms with van der Waals surface area (Å²) in [6, 6.07) is 5.62. The summed E-state index contributed by atoms with van der Waals surface area (Å²) in [4.78, 5) is 10.8. The highest BCUT2D eigenvalue weighted by atomic mass is 35.5. The number of carboxylic acid groups (broad SMARTS) is 1. The quantitative estimate of drug-likeness (QED) is 0.769. The fourth-order valence-corrected chi connectivity index (χ4v) is 1.29. The molecule has 0 aliphatic heterocycles. The molecule has 14 heavy (non-hydrogen) atoms. The number of allylic oxidation sites excluding steroid dienone is 1. The molecule has 0 radical (unpaired) electrons. The second kappa shape index (κ2) is 4.24. The Bertz CT molecular complexity index is 395. The zero-order chi connectivity index (χ0) is 10.7. The Kier molecular flexibility index (Phi) is 3.25. The van der Waals surface area contributed by atoms with Crippen LogP contribution >= 0.6 is 11.6 Å². The predicted octanol–water partition coefficient (Wildman–Crippen LogP) is 2.88. The summed E-state index contributed by atoms with van der Waals surface area (Å²) in [5.74, 6) is -1.83. The van der Waals surface area contributed by atoms with E-state index in [4.69, 9.17) is 16.7 Å². The Hall–Kier alpha value is -1.35. The standard InChI is InChI=1S/C10H8ClFO2/c1-6(11)9(10(13)14)7-4-2-3-5-8(7)12/h2-5H,1H3,(H,13,14)/b9-6-. The van der Waals surface area contributed by atoms with Crippen LogP contribution in [0.5, 0.6) is 0 Å². The topological polar surface area (TPSA) is 37.3 Å². The summed E-state index contributed by atoms with van der Waals surface area (Å²) in [6.45, 7) is 1.41. The maximum atomic E-state index is 13.2. The molecule has 0 saturated carbocycles. The molecule has 0 atom stereocenters. The van der Waals surface area contributed by atoms with Crippen molar-refractivity contribution in [1.29, 1.82) is 0 Å². The van der Waals surface area contributed by atoms with E-state index in [2.05, 4.69) is 0 Å². The van der Waals surface area contributed by atoms with Gasteiger partial charge in [0.2, 0.25) is 0 Å². The highest BCUT2D eigenvalue weighted by Crippen LogP contribution is 2.23. The fourth-order valence-electron chi connectivity index (χ4n) is 1.11. The molecule has 1 N–H and O–H groups in total. The van der Waals surface area contributed by atoms with Crippen LogP contribution in [0, 0.1) is 5.82 Å². The van der Waals surface area contributed by atoms with E-state index in [1.807, 2.05) is 0 Å². The maximum Gasteiger partial charge on any atom is 0.337 e. The molecule has 0 aliphatic carbocycles. The number of hydrogen-bond donors (Lipinski definition) is 1. The van der Waals surface area contributed by atoms with Crippen molar-refractivity contribution in [3.05, 3.63) is 40.7 Å². The van der Waals surface area contributed by atoms with Crippen molar-refractivity contribution >= 4 is 23.1 Å². The first kappa shape index (κ1) is 10.7. The van der Waals surface area contributed by atoms with Gasteiger partial charge in [0.1, 0.15) is 5.82 Å². The van der Waals surface area contributed by atoms with Crippen molar-refractivity contribution in [3.8, 4) is 0 Å². The molecule has 1 aromatic rings. The molecule has 0 spiro atoms. The third kappa shape index (κ3) is 2.12. The fraction of sp³-hybridized carbons (Fsp3) is 0.100. The molecule has 0 saturated heterocycles. The molecular weight excluding hydrogens is 207 g/mol. The van der Waals surface area contributed by atoms with Crippen molar-refractivity contribution in [1.82, 2.24) is 0 Å². The molecule has 0 amide bonds. The predicted molar refractivity (Wildman–Crippen MR) is 52.5 cm³/mol. The minimum atomic E-state index is -1.23. The number of hydrogen-bond acceptors (Lipinski definition) is 1. The van der Waals surface area contributed by atoms with Gasteiger partial charge < -0.3 is 5.11 Å². The summed E-state index contributed by atoms with van der Waals surface area (Å²) in [5, 5.41) is 8.87. The lowest BCUT2D eigenvalue weighted by Gasteiger charge is -2.04. The molecule has 0 bridgehead atoms. The Morgan fingerprint density at radius 2 is 2.00 bits per heavy atom. The Morgan fingerprint density at radius 1 is 1.43 bits per heavy atom. The van der Waals surface area contributed by atoms with Gasteiger partial charge in [-0.25, -0.2) is 9.18 Å². The molecule has 0 fully saturated rings. The number of carboxylic acids is 1. The van der Waals surface area contributed by atoms with Gasteiger partial charge in [0.05, 0.1) is 5.57 Å². The van der Waals surface area contributed by atoms with Gasteiger partial charge in [0.15, 0.2) is 0 Å². The summed E-state index contributed by atoms with van der Waals surface area (Å²) >= 11 is 5.58. The molecule has 0 aromatic heterocycles. The smallest absolute Gasteiger partial charge is 0.337 e. The van der Waals surface area contributed by atoms with Crippen molar-refractivity contribution in [2.24, 2.45) is 0 Å². The van der Waals surface area contributed by atoms with E-state index in [0.717, 1.165) is 0 Å². The number of benzene rings is 1. The van der Waals surface area contributed by atoms with Crippen LogP contribution in [-0.4, -0.2) is 11.1 Å². The van der Waals surface area contributed by atoms with Crippen LogP contribution in [0.15, 0.2) is 29.3 Å². The minimum absolute atomic E-state index is 0.00694. The van der Waals surface area contributed by atoms with Crippen LogP contribution in [-0.2, 0) is 4.79 Å². The second-order valence-corrected chi connectivity index (χ2v) is 3.26. The zero-order valence-electron chi connectivity index (χ0n) is 7.42. The van der Waals surface area contributed by atoms with Crippen molar-refractivity contribution in [2.45, 2.75) is 6.92 Å². The summed E-state index contributed by atoms with van der Waals surface area (Å²) in [5.41, 5.74) is -0.197. The average molecular weight is 215 g/mol. The average Bonchev–Trinajstić information content (AvgIpc) is 2.07. The normalized spacial score (nSPS) is 12.2. The van der Waals surface area contributed by atoms with Gasteiger partial charge in [-0.2, -0.15) is 0 Å². The van der Waals surface area contributed by atoms with Gasteiger partial charge in [-0.05, 0) is 13.0 Å². The van der Waals surface area contributed by atoms with Gasteiger partial charge in [0, 0.05) is 10.6 Å². The Morgan fingerprint density at radius 3 is 2.43 bits per heavy atom. The first-order valence-electron chi connectivity index (χ1n) is 3.88. The van der Waals surface area contributed by atoms with Crippen LogP contribution < -0.4 is 0 Å². The first-order valence-corrected chi connectivity index (χ1v) is 4.26. The second-order valence-electron chi connectivity index (χ2n) is 2.69. The van der Waals surface area contributed by atoms with Crippen LogP contribution in [0.25, 0.3) is 5.57 Å². The molecule has 0 unspecified atom stereocenters. The van der Waals surface area contributed by atoms with Crippen molar-refractivity contribution in [3.63, 3.8) is 0 Å². The highest BCUT2D eigenvalue weighted by molar-refractivity contribution is 6.38. The van der Waals surface area contributed by atoms with E-state index >= 15 is 0 Å². The Labute approximate surface area is 85.6 Å². The SMILES string of the molecule is C/C(Cl)=C(/C(=O)O)c1ccccc1F. The molecule has 74 valence electrons. The van der Waals surface area contributed by atoms with Crippen LogP contribution in [0.4, 0.5) is 4.39 Å². The summed E-state index contributed by atoms with van der Waals surface area (Å²) in [6.07, 6.45) is 0. The van der Waals surface area contributed by atoms with E-state index in [1.54, 1.807) is 6.07 Å². The van der Waals surface area contributed by atoms with Gasteiger partial charge in [-0.15, -0.1) is 0 Å². The largest absolute Gasteiger partial charge is 0.478 e. The number of aliphatic carboxylic acids is 1. The van der Waals surface area contributed by atoms with Gasteiger partial charge in [0.25, 0.3) is 0 Å². The zero-order valence-corrected chi connectivity index (χ0v) is 8.18. The van der Waals surface area contributed by atoms with Gasteiger partial charge >= 0.3 is 5.97 Å². The highest BCUT2D eigenvalue weighted by Gasteiger charge is 2.16. The van der Waals surface area contributed by atoms with Crippen molar-refractivity contribution < 1.29 is 14.3 Å². The third-order valence-corrected chi connectivity index (χ3v) is 1.89. The molecule has 4 heteroatoms. The molecule has 0 heterocycles. The van der Waals surface area contributed by atoms with Gasteiger partial charge in [-0.1, -0.05) is 29.8 Å². The third-order valence-electron chi connectivity index (χ3n) is 1.70. The number of halogens is 2. The molecule has 2 nitrogen and oxygen atoms in total. The minimum Gasteiger partial charge on any atom is -0.478 e. The lowest BCUT2D eigenvalue weighted by Crippen LogP contribution is -2.02. The van der Waals surface area contributed by atoms with Crippen LogP contribution in [0.2, 0.25) is 0 Å². The molecule has 0 aliphatic rings. The van der Waals surface area contributed by atoms with E-state index < -0.39 is 11.8 Å². The van der Waals surface area contributed by atoms with Crippen molar-refractivity contribution in [2.75, 3.05) is 0 Å². The van der Waals surface area contributed by atoms with Crippen LogP contribution in [0.1, 0.15) is 12.5 Å². The van der Waals surface area contributed by atoms with Gasteiger partial charge in [-0.3, -0.25) is 0 Å². The lowest BCUT2D eigenvalue weighted by molar-refractivity contribution is -0.130. The summed E-state index contributed by atoms with van der Waals surface area (Å²) < 4.78 is 13.2. The molecule has 1 rings (SSSR count). The first-order chi connectivity index (χ1) is 6.54. The van der Waals surface area contributed by atoms with Crippen LogP contribution in [0.3, 0.4) is 0 Å². The lowest BCUT2D eigenvalue weighted by atomic mass is 10.1. The van der Waals surface area contributed by atoms with E-state index in [9.17, 15) is 9.18 Å². The Balaban J connectivity index is 3.35. The maximum absolute atomic E-state index is 13.2.